The minimum atomic E-state index is -0.276. The van der Waals surface area contributed by atoms with E-state index in [1.807, 2.05) is 6.92 Å². The second kappa shape index (κ2) is 6.44. The van der Waals surface area contributed by atoms with Crippen LogP contribution < -0.4 is 5.73 Å². The first-order valence-corrected chi connectivity index (χ1v) is 7.68. The van der Waals surface area contributed by atoms with Gasteiger partial charge in [0.2, 0.25) is 0 Å². The SMILES string of the molecule is Cc1ccccc1C(C(C)N)N1CC(CO)OC(C)(C)C1. The van der Waals surface area contributed by atoms with Gasteiger partial charge in [-0.15, -0.1) is 0 Å². The number of benzene rings is 1. The molecule has 1 aromatic rings. The molecular weight excluding hydrogens is 264 g/mol. The van der Waals surface area contributed by atoms with Crippen LogP contribution in [0, 0.1) is 6.92 Å². The van der Waals surface area contributed by atoms with Crippen molar-refractivity contribution in [2.24, 2.45) is 5.73 Å². The average molecular weight is 292 g/mol. The summed E-state index contributed by atoms with van der Waals surface area (Å²) >= 11 is 0. The third-order valence-corrected chi connectivity index (χ3v) is 4.11. The van der Waals surface area contributed by atoms with Gasteiger partial charge in [0, 0.05) is 19.1 Å². The first-order valence-electron chi connectivity index (χ1n) is 7.68. The van der Waals surface area contributed by atoms with Crippen LogP contribution in [0.1, 0.15) is 37.9 Å². The summed E-state index contributed by atoms with van der Waals surface area (Å²) in [6.07, 6.45) is -0.154. The summed E-state index contributed by atoms with van der Waals surface area (Å²) in [7, 11) is 0. The fourth-order valence-electron chi connectivity index (χ4n) is 3.38. The fourth-order valence-corrected chi connectivity index (χ4v) is 3.38. The molecule has 0 radical (unpaired) electrons. The van der Waals surface area contributed by atoms with Crippen molar-refractivity contribution < 1.29 is 9.84 Å². The number of aryl methyl sites for hydroxylation is 1. The normalized spacial score (nSPS) is 25.5. The molecule has 1 aliphatic rings. The molecule has 3 atom stereocenters. The lowest BCUT2D eigenvalue weighted by molar-refractivity contribution is -0.158. The lowest BCUT2D eigenvalue weighted by Crippen LogP contribution is -2.56. The molecule has 0 aliphatic carbocycles. The Bertz CT molecular complexity index is 474. The molecule has 2 rings (SSSR count). The second-order valence-electron chi connectivity index (χ2n) is 6.77. The number of aliphatic hydroxyl groups is 1. The molecule has 21 heavy (non-hydrogen) atoms. The maximum Gasteiger partial charge on any atom is 0.0940 e. The molecule has 0 saturated carbocycles. The molecule has 0 spiro atoms. The van der Waals surface area contributed by atoms with E-state index >= 15 is 0 Å². The Balaban J connectivity index is 2.32. The molecule has 4 heteroatoms. The number of ether oxygens (including phenoxy) is 1. The van der Waals surface area contributed by atoms with E-state index in [-0.39, 0.29) is 30.4 Å². The number of nitrogens with zero attached hydrogens (tertiary/aromatic N) is 1. The van der Waals surface area contributed by atoms with Crippen molar-refractivity contribution in [3.8, 4) is 0 Å². The van der Waals surface area contributed by atoms with E-state index in [9.17, 15) is 5.11 Å². The van der Waals surface area contributed by atoms with Crippen LogP contribution in [0.2, 0.25) is 0 Å². The van der Waals surface area contributed by atoms with E-state index in [4.69, 9.17) is 10.5 Å². The third-order valence-electron chi connectivity index (χ3n) is 4.11. The maximum atomic E-state index is 9.50. The van der Waals surface area contributed by atoms with E-state index in [2.05, 4.69) is 49.9 Å². The first-order chi connectivity index (χ1) is 9.84. The van der Waals surface area contributed by atoms with Gasteiger partial charge in [0.1, 0.15) is 0 Å². The molecule has 4 nitrogen and oxygen atoms in total. The maximum absolute atomic E-state index is 9.50. The number of morpholine rings is 1. The van der Waals surface area contributed by atoms with E-state index < -0.39 is 0 Å². The minimum Gasteiger partial charge on any atom is -0.394 e. The van der Waals surface area contributed by atoms with Crippen LogP contribution in [0.3, 0.4) is 0 Å². The number of aliphatic hydroxyl groups excluding tert-OH is 1. The molecule has 0 amide bonds. The lowest BCUT2D eigenvalue weighted by Gasteiger charge is -2.47. The van der Waals surface area contributed by atoms with E-state index in [0.717, 1.165) is 6.54 Å². The summed E-state index contributed by atoms with van der Waals surface area (Å²) in [5, 5.41) is 9.50. The average Bonchev–Trinajstić information content (AvgIpc) is 2.39. The highest BCUT2D eigenvalue weighted by Crippen LogP contribution is 2.32. The fraction of sp³-hybridized carbons (Fsp3) is 0.647. The highest BCUT2D eigenvalue weighted by Gasteiger charge is 2.38. The Hall–Kier alpha value is -0.940. The van der Waals surface area contributed by atoms with Gasteiger partial charge < -0.3 is 15.6 Å². The van der Waals surface area contributed by atoms with Crippen molar-refractivity contribution in [3.63, 3.8) is 0 Å². The number of nitrogens with two attached hydrogens (primary N) is 1. The van der Waals surface area contributed by atoms with Crippen LogP contribution in [0.15, 0.2) is 24.3 Å². The zero-order chi connectivity index (χ0) is 15.6. The third kappa shape index (κ3) is 3.83. The van der Waals surface area contributed by atoms with Crippen molar-refractivity contribution in [2.45, 2.75) is 51.5 Å². The second-order valence-corrected chi connectivity index (χ2v) is 6.77. The highest BCUT2D eigenvalue weighted by atomic mass is 16.5. The van der Waals surface area contributed by atoms with Gasteiger partial charge in [-0.2, -0.15) is 0 Å². The number of rotatable bonds is 4. The molecule has 1 aromatic carbocycles. The summed E-state index contributed by atoms with van der Waals surface area (Å²) in [5.41, 5.74) is 8.54. The van der Waals surface area contributed by atoms with E-state index in [1.54, 1.807) is 0 Å². The Morgan fingerprint density at radius 3 is 2.67 bits per heavy atom. The molecule has 1 aliphatic heterocycles. The van der Waals surface area contributed by atoms with Crippen LogP contribution in [0.25, 0.3) is 0 Å². The largest absolute Gasteiger partial charge is 0.394 e. The molecule has 1 fully saturated rings. The highest BCUT2D eigenvalue weighted by molar-refractivity contribution is 5.30. The first kappa shape index (κ1) is 16.4. The molecule has 118 valence electrons. The van der Waals surface area contributed by atoms with Crippen molar-refractivity contribution in [1.29, 1.82) is 0 Å². The van der Waals surface area contributed by atoms with Gasteiger partial charge in [-0.05, 0) is 38.8 Å². The molecule has 1 heterocycles. The smallest absolute Gasteiger partial charge is 0.0940 e. The van der Waals surface area contributed by atoms with Crippen molar-refractivity contribution in [1.82, 2.24) is 4.90 Å². The number of hydrogen-bond acceptors (Lipinski definition) is 4. The van der Waals surface area contributed by atoms with E-state index in [0.29, 0.717) is 6.54 Å². The van der Waals surface area contributed by atoms with E-state index in [1.165, 1.54) is 11.1 Å². The van der Waals surface area contributed by atoms with Crippen LogP contribution in [0.4, 0.5) is 0 Å². The molecule has 1 saturated heterocycles. The zero-order valence-corrected chi connectivity index (χ0v) is 13.5. The van der Waals surface area contributed by atoms with Crippen LogP contribution in [-0.4, -0.2) is 47.4 Å². The lowest BCUT2D eigenvalue weighted by atomic mass is 9.92. The molecule has 3 unspecified atom stereocenters. The molecule has 0 aromatic heterocycles. The van der Waals surface area contributed by atoms with Crippen LogP contribution >= 0.6 is 0 Å². The summed E-state index contributed by atoms with van der Waals surface area (Å²) in [6.45, 7) is 9.87. The van der Waals surface area contributed by atoms with Crippen molar-refractivity contribution in [3.05, 3.63) is 35.4 Å². The summed E-state index contributed by atoms with van der Waals surface area (Å²) in [6, 6.07) is 8.55. The molecule has 3 N–H and O–H groups in total. The van der Waals surface area contributed by atoms with Gasteiger partial charge in [0.15, 0.2) is 0 Å². The topological polar surface area (TPSA) is 58.7 Å². The number of hydrogen-bond donors (Lipinski definition) is 2. The Morgan fingerprint density at radius 1 is 1.43 bits per heavy atom. The monoisotopic (exact) mass is 292 g/mol. The standard InChI is InChI=1S/C17H28N2O2/c1-12-7-5-6-8-15(12)16(13(2)18)19-9-14(10-20)21-17(3,4)11-19/h5-8,13-14,16,20H,9-11,18H2,1-4H3. The Labute approximate surface area is 127 Å². The quantitative estimate of drug-likeness (QED) is 0.889. The Kier molecular flexibility index (Phi) is 5.04. The van der Waals surface area contributed by atoms with Gasteiger partial charge in [-0.3, -0.25) is 4.90 Å². The summed E-state index contributed by atoms with van der Waals surface area (Å²) < 4.78 is 5.92. The van der Waals surface area contributed by atoms with Gasteiger partial charge >= 0.3 is 0 Å². The van der Waals surface area contributed by atoms with Gasteiger partial charge in [-0.1, -0.05) is 24.3 Å². The molecule has 0 bridgehead atoms. The zero-order valence-electron chi connectivity index (χ0n) is 13.5. The Morgan fingerprint density at radius 2 is 2.10 bits per heavy atom. The van der Waals surface area contributed by atoms with Gasteiger partial charge in [-0.25, -0.2) is 0 Å². The summed E-state index contributed by atoms with van der Waals surface area (Å²) in [4.78, 5) is 2.36. The van der Waals surface area contributed by atoms with Crippen molar-refractivity contribution >= 4 is 0 Å². The predicted octanol–water partition coefficient (Wildman–Crippen LogP) is 1.86. The van der Waals surface area contributed by atoms with Gasteiger partial charge in [0.25, 0.3) is 0 Å². The predicted molar refractivity (Wildman–Crippen MR) is 85.2 cm³/mol. The van der Waals surface area contributed by atoms with Crippen molar-refractivity contribution in [2.75, 3.05) is 19.7 Å². The molecular formula is C17H28N2O2. The van der Waals surface area contributed by atoms with Crippen LogP contribution in [0.5, 0.6) is 0 Å². The summed E-state index contributed by atoms with van der Waals surface area (Å²) in [5.74, 6) is 0. The minimum absolute atomic E-state index is 0.0133. The van der Waals surface area contributed by atoms with Gasteiger partial charge in [0.05, 0.1) is 24.4 Å². The van der Waals surface area contributed by atoms with Crippen LogP contribution in [-0.2, 0) is 4.74 Å².